The minimum Gasteiger partial charge on any atom is -0.380 e. The first-order valence-corrected chi connectivity index (χ1v) is 12.8. The zero-order chi connectivity index (χ0) is 26.3. The number of rotatable bonds is 7. The number of hydrogen-bond acceptors (Lipinski definition) is 7. The number of fused-ring (bicyclic) bond motifs is 1. The van der Waals surface area contributed by atoms with Crippen LogP contribution < -0.4 is 21.6 Å². The first-order chi connectivity index (χ1) is 17.6. The molecule has 0 bridgehead atoms. The Kier molecular flexibility index (Phi) is 6.61. The molecule has 0 radical (unpaired) electrons. The largest absolute Gasteiger partial charge is 0.380 e. The van der Waals surface area contributed by atoms with Crippen molar-refractivity contribution in [2.75, 3.05) is 10.6 Å². The zero-order valence-electron chi connectivity index (χ0n) is 21.4. The van der Waals surface area contributed by atoms with Crippen LogP contribution in [0.15, 0.2) is 54.5 Å². The van der Waals surface area contributed by atoms with Gasteiger partial charge in [0.2, 0.25) is 0 Å². The smallest absolute Gasteiger partial charge is 0.123 e. The first-order valence-electron chi connectivity index (χ1n) is 12.5. The Morgan fingerprint density at radius 2 is 1.92 bits per heavy atom. The molecule has 3 aromatic rings. The second kappa shape index (κ2) is 9.73. The number of nitrogens with zero attached hydrogens (tertiary/aromatic N) is 3. The molecule has 2 aromatic carbocycles. The normalized spacial score (nSPS) is 17.1. The number of anilines is 2. The Labute approximate surface area is 221 Å². The standard InChI is InChI=1S/C28H31ClFN7/c1-16(28(2,3)4)33-25-18(13-31)14-32-27-22(25)11-20(12-23(27)29)34-26(17-5-7-19(30)8-6-17)24-15-37(36-35-24)21-9-10-21/h5-8,11-12,14-16,21,26,34-36H,9-10H2,1-4H3,(H,32,33)/t16-,26?/m0/s1. The number of halogens is 2. The molecular formula is C28H31ClFN7. The fraction of sp³-hybridized carbons (Fsp3) is 0.357. The highest BCUT2D eigenvalue weighted by Crippen LogP contribution is 2.37. The van der Waals surface area contributed by atoms with Gasteiger partial charge in [-0.2, -0.15) is 5.26 Å². The molecule has 9 heteroatoms. The SMILES string of the molecule is C[C@H](Nc1c(C#N)cnc2c(Cl)cc(NC(C3=CN(C4CC4)NN3)c3ccc(F)cc3)cc12)C(C)(C)C. The molecule has 0 spiro atoms. The van der Waals surface area contributed by atoms with Gasteiger partial charge in [0.25, 0.3) is 0 Å². The second-order valence-electron chi connectivity index (χ2n) is 10.8. The minimum atomic E-state index is -0.303. The molecule has 0 saturated heterocycles. The molecule has 2 heterocycles. The minimum absolute atomic E-state index is 0.0310. The van der Waals surface area contributed by atoms with E-state index >= 15 is 0 Å². The van der Waals surface area contributed by atoms with Crippen molar-refractivity contribution in [1.29, 1.82) is 5.26 Å². The Morgan fingerprint density at radius 3 is 2.57 bits per heavy atom. The van der Waals surface area contributed by atoms with Crippen molar-refractivity contribution in [3.8, 4) is 6.07 Å². The lowest BCUT2D eigenvalue weighted by molar-refractivity contribution is 0.260. The molecule has 1 fully saturated rings. The molecule has 1 aliphatic heterocycles. The van der Waals surface area contributed by atoms with Crippen LogP contribution in [-0.2, 0) is 0 Å². The summed E-state index contributed by atoms with van der Waals surface area (Å²) in [5.74, 6) is -0.291. The first kappa shape index (κ1) is 25.1. The van der Waals surface area contributed by atoms with Crippen LogP contribution in [0.2, 0.25) is 5.02 Å². The van der Waals surface area contributed by atoms with E-state index in [4.69, 9.17) is 11.6 Å². The Bertz CT molecular complexity index is 1390. The lowest BCUT2D eigenvalue weighted by Crippen LogP contribution is -2.38. The number of nitriles is 1. The topological polar surface area (TPSA) is 88.0 Å². The highest BCUT2D eigenvalue weighted by molar-refractivity contribution is 6.35. The summed E-state index contributed by atoms with van der Waals surface area (Å²) < 4.78 is 13.7. The van der Waals surface area contributed by atoms with Gasteiger partial charge in [-0.15, -0.1) is 5.53 Å². The van der Waals surface area contributed by atoms with Crippen molar-refractivity contribution >= 4 is 33.9 Å². The molecule has 1 aromatic heterocycles. The van der Waals surface area contributed by atoms with Gasteiger partial charge >= 0.3 is 0 Å². The Hall–Kier alpha value is -3.54. The van der Waals surface area contributed by atoms with Gasteiger partial charge in [-0.3, -0.25) is 9.99 Å². The van der Waals surface area contributed by atoms with E-state index in [0.29, 0.717) is 27.8 Å². The van der Waals surface area contributed by atoms with Gasteiger partial charge in [-0.05, 0) is 55.0 Å². The van der Waals surface area contributed by atoms with Crippen LogP contribution in [0, 0.1) is 22.6 Å². The monoisotopic (exact) mass is 519 g/mol. The van der Waals surface area contributed by atoms with E-state index in [2.05, 4.69) is 71.6 Å². The molecule has 7 nitrogen and oxygen atoms in total. The third kappa shape index (κ3) is 5.29. The van der Waals surface area contributed by atoms with Gasteiger partial charge < -0.3 is 16.1 Å². The summed E-state index contributed by atoms with van der Waals surface area (Å²) in [5, 5.41) is 20.2. The van der Waals surface area contributed by atoms with Crippen molar-refractivity contribution in [3.63, 3.8) is 0 Å². The third-order valence-electron chi connectivity index (χ3n) is 7.08. The van der Waals surface area contributed by atoms with Crippen molar-refractivity contribution in [2.24, 2.45) is 5.41 Å². The molecule has 192 valence electrons. The molecule has 2 aliphatic rings. The molecule has 1 aliphatic carbocycles. The Balaban J connectivity index is 1.56. The van der Waals surface area contributed by atoms with Crippen LogP contribution in [0.1, 0.15) is 57.7 Å². The van der Waals surface area contributed by atoms with Crippen LogP contribution in [0.3, 0.4) is 0 Å². The van der Waals surface area contributed by atoms with Gasteiger partial charge in [-0.1, -0.05) is 44.5 Å². The van der Waals surface area contributed by atoms with Crippen LogP contribution in [0.4, 0.5) is 15.8 Å². The molecule has 1 saturated carbocycles. The fourth-order valence-electron chi connectivity index (χ4n) is 4.22. The van der Waals surface area contributed by atoms with E-state index in [9.17, 15) is 9.65 Å². The predicted octanol–water partition coefficient (Wildman–Crippen LogP) is 6.23. The molecule has 37 heavy (non-hydrogen) atoms. The molecule has 5 rings (SSSR count). The van der Waals surface area contributed by atoms with Crippen LogP contribution in [0.25, 0.3) is 10.9 Å². The summed E-state index contributed by atoms with van der Waals surface area (Å²) in [6, 6.07) is 12.8. The molecular weight excluding hydrogens is 489 g/mol. The average Bonchev–Trinajstić information content (AvgIpc) is 3.59. The average molecular weight is 520 g/mol. The highest BCUT2D eigenvalue weighted by atomic mass is 35.5. The second-order valence-corrected chi connectivity index (χ2v) is 11.2. The summed E-state index contributed by atoms with van der Waals surface area (Å²) in [6.45, 7) is 8.54. The fourth-order valence-corrected chi connectivity index (χ4v) is 4.49. The lowest BCUT2D eigenvalue weighted by atomic mass is 9.87. The van der Waals surface area contributed by atoms with Crippen LogP contribution in [-0.4, -0.2) is 22.1 Å². The van der Waals surface area contributed by atoms with Gasteiger partial charge in [0.1, 0.15) is 11.9 Å². The van der Waals surface area contributed by atoms with E-state index in [1.54, 1.807) is 18.3 Å². The third-order valence-corrected chi connectivity index (χ3v) is 7.37. The summed E-state index contributed by atoms with van der Waals surface area (Å²) in [6.07, 6.45) is 5.90. The summed E-state index contributed by atoms with van der Waals surface area (Å²) >= 11 is 6.73. The maximum atomic E-state index is 13.7. The van der Waals surface area contributed by atoms with Gasteiger partial charge in [0.15, 0.2) is 0 Å². The number of benzene rings is 2. The number of hydrogen-bond donors (Lipinski definition) is 4. The van der Waals surface area contributed by atoms with Gasteiger partial charge in [0, 0.05) is 35.6 Å². The van der Waals surface area contributed by atoms with Crippen molar-refractivity contribution in [3.05, 3.63) is 76.5 Å². The Morgan fingerprint density at radius 1 is 1.19 bits per heavy atom. The van der Waals surface area contributed by atoms with E-state index < -0.39 is 0 Å². The van der Waals surface area contributed by atoms with E-state index in [1.165, 1.54) is 12.1 Å². The van der Waals surface area contributed by atoms with E-state index in [-0.39, 0.29) is 23.3 Å². The van der Waals surface area contributed by atoms with Gasteiger partial charge in [0.05, 0.1) is 33.5 Å². The maximum absolute atomic E-state index is 13.7. The summed E-state index contributed by atoms with van der Waals surface area (Å²) in [5.41, 5.74) is 10.8. The summed E-state index contributed by atoms with van der Waals surface area (Å²) in [7, 11) is 0. The molecule has 4 N–H and O–H groups in total. The lowest BCUT2D eigenvalue weighted by Gasteiger charge is -2.30. The zero-order valence-corrected chi connectivity index (χ0v) is 22.1. The molecule has 2 atom stereocenters. The highest BCUT2D eigenvalue weighted by Gasteiger charge is 2.32. The number of nitrogens with one attached hydrogen (secondary N) is 4. The molecule has 0 amide bonds. The van der Waals surface area contributed by atoms with E-state index in [0.717, 1.165) is 35.2 Å². The van der Waals surface area contributed by atoms with E-state index in [1.807, 2.05) is 12.1 Å². The maximum Gasteiger partial charge on any atom is 0.123 e. The van der Waals surface area contributed by atoms with Crippen molar-refractivity contribution in [2.45, 2.75) is 58.7 Å². The number of aromatic nitrogens is 1. The predicted molar refractivity (Wildman–Crippen MR) is 146 cm³/mol. The van der Waals surface area contributed by atoms with Crippen molar-refractivity contribution in [1.82, 2.24) is 21.0 Å². The molecule has 1 unspecified atom stereocenters. The number of hydrazine groups is 2. The quantitative estimate of drug-likeness (QED) is 0.294. The summed E-state index contributed by atoms with van der Waals surface area (Å²) in [4.78, 5) is 4.48. The van der Waals surface area contributed by atoms with Gasteiger partial charge in [-0.25, -0.2) is 4.39 Å². The van der Waals surface area contributed by atoms with Crippen LogP contribution >= 0.6 is 11.6 Å². The van der Waals surface area contributed by atoms with Crippen molar-refractivity contribution < 1.29 is 4.39 Å². The van der Waals surface area contributed by atoms with Crippen LogP contribution in [0.5, 0.6) is 0 Å². The number of pyridine rings is 1.